The van der Waals surface area contributed by atoms with Crippen LogP contribution in [0.15, 0.2) is 103 Å². The van der Waals surface area contributed by atoms with Crippen molar-refractivity contribution in [1.29, 1.82) is 0 Å². The molecule has 0 saturated carbocycles. The van der Waals surface area contributed by atoms with Crippen molar-refractivity contribution in [3.63, 3.8) is 0 Å². The molecule has 0 atom stereocenters. The molecule has 1 aromatic heterocycles. The minimum atomic E-state index is -0.0875. The van der Waals surface area contributed by atoms with Gasteiger partial charge in [-0.1, -0.05) is 86.6 Å². The van der Waals surface area contributed by atoms with E-state index in [0.29, 0.717) is 5.75 Å². The van der Waals surface area contributed by atoms with Gasteiger partial charge in [-0.05, 0) is 58.1 Å². The highest BCUT2D eigenvalue weighted by atomic mass is 16.6. The predicted octanol–water partition coefficient (Wildman–Crippen LogP) is 9.10. The largest absolute Gasteiger partial charge is 0.450 e. The Labute approximate surface area is 220 Å². The highest BCUT2D eigenvalue weighted by Crippen LogP contribution is 2.55. The maximum absolute atomic E-state index is 6.48. The minimum Gasteiger partial charge on any atom is -0.450 e. The molecule has 5 aromatic carbocycles. The second-order valence-electron chi connectivity index (χ2n) is 10.5. The molecule has 0 fully saturated rings. The summed E-state index contributed by atoms with van der Waals surface area (Å²) >= 11 is 0. The summed E-state index contributed by atoms with van der Waals surface area (Å²) in [6.07, 6.45) is 0. The van der Waals surface area contributed by atoms with E-state index >= 15 is 0 Å². The molecule has 1 aliphatic heterocycles. The number of H-pyrrole nitrogens is 1. The molecule has 0 radical (unpaired) electrons. The Bertz CT molecular complexity index is 1900. The standard InChI is InChI=1S/C34H24N2O2/c1-34(2)25-13-7-6-11-23(25)24-18-30-31(19-26(24)34)37-28-16-15-21(17-29(28)38-30)22-12-8-14-27-32(22)36-33(35-27)20-9-4-3-5-10-20/h3-19H,1-2H3,(H,35,36). The van der Waals surface area contributed by atoms with E-state index < -0.39 is 0 Å². The fourth-order valence-electron chi connectivity index (χ4n) is 5.95. The van der Waals surface area contributed by atoms with Crippen molar-refractivity contribution in [2.75, 3.05) is 0 Å². The highest BCUT2D eigenvalue weighted by molar-refractivity contribution is 5.94. The van der Waals surface area contributed by atoms with Gasteiger partial charge in [-0.25, -0.2) is 4.98 Å². The van der Waals surface area contributed by atoms with Gasteiger partial charge in [-0.3, -0.25) is 0 Å². The van der Waals surface area contributed by atoms with Crippen LogP contribution in [0.1, 0.15) is 25.0 Å². The van der Waals surface area contributed by atoms with Crippen molar-refractivity contribution in [1.82, 2.24) is 9.97 Å². The third kappa shape index (κ3) is 3.00. The molecule has 2 heterocycles. The Hall–Kier alpha value is -4.83. The van der Waals surface area contributed by atoms with Crippen molar-refractivity contribution >= 4 is 11.0 Å². The SMILES string of the molecule is CC1(C)c2ccccc2-c2cc3c(cc21)Oc1ccc(-c2cccc4nc(-c5ccccc5)[nH]c24)cc1O3. The van der Waals surface area contributed by atoms with E-state index in [1.54, 1.807) is 0 Å². The Morgan fingerprint density at radius 3 is 2.21 bits per heavy atom. The number of nitrogens with zero attached hydrogens (tertiary/aromatic N) is 1. The molecule has 182 valence electrons. The second kappa shape index (κ2) is 7.59. The van der Waals surface area contributed by atoms with Crippen molar-refractivity contribution < 1.29 is 9.47 Å². The first-order valence-electron chi connectivity index (χ1n) is 12.9. The third-order valence-corrected chi connectivity index (χ3v) is 7.91. The lowest BCUT2D eigenvalue weighted by molar-refractivity contribution is 0.359. The summed E-state index contributed by atoms with van der Waals surface area (Å²) in [6.45, 7) is 4.54. The zero-order valence-electron chi connectivity index (χ0n) is 21.1. The Kier molecular flexibility index (Phi) is 4.25. The Morgan fingerprint density at radius 1 is 0.579 bits per heavy atom. The minimum absolute atomic E-state index is 0.0875. The van der Waals surface area contributed by atoms with E-state index in [1.807, 2.05) is 36.4 Å². The van der Waals surface area contributed by atoms with Gasteiger partial charge in [0, 0.05) is 16.5 Å². The quantitative estimate of drug-likeness (QED) is 0.262. The number of nitrogens with one attached hydrogen (secondary N) is 1. The molecule has 4 heteroatoms. The van der Waals surface area contributed by atoms with Crippen LogP contribution in [0.25, 0.3) is 44.7 Å². The van der Waals surface area contributed by atoms with Crippen LogP contribution < -0.4 is 9.47 Å². The molecule has 0 spiro atoms. The van der Waals surface area contributed by atoms with E-state index in [0.717, 1.165) is 50.8 Å². The van der Waals surface area contributed by atoms with Crippen LogP contribution >= 0.6 is 0 Å². The number of para-hydroxylation sites is 1. The first-order valence-corrected chi connectivity index (χ1v) is 12.9. The molecule has 0 bridgehead atoms. The average molecular weight is 493 g/mol. The summed E-state index contributed by atoms with van der Waals surface area (Å²) < 4.78 is 12.9. The molecule has 0 saturated heterocycles. The normalized spacial score (nSPS) is 14.2. The number of aromatic amines is 1. The number of fused-ring (bicyclic) bond motifs is 6. The van der Waals surface area contributed by atoms with Crippen molar-refractivity contribution in [3.8, 4) is 56.6 Å². The molecule has 1 aliphatic carbocycles. The van der Waals surface area contributed by atoms with E-state index in [-0.39, 0.29) is 5.41 Å². The predicted molar refractivity (Wildman–Crippen MR) is 151 cm³/mol. The molecular formula is C34H24N2O2. The van der Waals surface area contributed by atoms with Crippen molar-refractivity contribution in [2.24, 2.45) is 0 Å². The topological polar surface area (TPSA) is 47.1 Å². The Morgan fingerprint density at radius 2 is 1.32 bits per heavy atom. The monoisotopic (exact) mass is 492 g/mol. The summed E-state index contributed by atoms with van der Waals surface area (Å²) in [4.78, 5) is 8.37. The van der Waals surface area contributed by atoms with Crippen LogP contribution in [0.3, 0.4) is 0 Å². The molecule has 8 rings (SSSR count). The fourth-order valence-corrected chi connectivity index (χ4v) is 5.95. The van der Waals surface area contributed by atoms with Gasteiger partial charge in [0.1, 0.15) is 5.82 Å². The van der Waals surface area contributed by atoms with E-state index in [1.165, 1.54) is 22.3 Å². The number of benzene rings is 5. The second-order valence-corrected chi connectivity index (χ2v) is 10.5. The average Bonchev–Trinajstić information content (AvgIpc) is 3.48. The van der Waals surface area contributed by atoms with Crippen LogP contribution in [0.5, 0.6) is 23.0 Å². The maximum atomic E-state index is 6.48. The van der Waals surface area contributed by atoms with Crippen LogP contribution in [0, 0.1) is 0 Å². The van der Waals surface area contributed by atoms with Crippen molar-refractivity contribution in [2.45, 2.75) is 19.3 Å². The van der Waals surface area contributed by atoms with Gasteiger partial charge in [0.2, 0.25) is 0 Å². The van der Waals surface area contributed by atoms with E-state index in [2.05, 4.69) is 85.6 Å². The van der Waals surface area contributed by atoms with Gasteiger partial charge in [-0.15, -0.1) is 0 Å². The number of hydrogen-bond acceptors (Lipinski definition) is 3. The Balaban J connectivity index is 1.20. The zero-order valence-corrected chi connectivity index (χ0v) is 21.1. The first kappa shape index (κ1) is 21.3. The molecule has 0 amide bonds. The van der Waals surface area contributed by atoms with Gasteiger partial charge in [0.05, 0.1) is 11.0 Å². The van der Waals surface area contributed by atoms with Crippen LogP contribution in [0.4, 0.5) is 0 Å². The first-order chi connectivity index (χ1) is 18.6. The molecule has 6 aromatic rings. The lowest BCUT2D eigenvalue weighted by atomic mass is 9.82. The zero-order chi connectivity index (χ0) is 25.4. The molecule has 4 nitrogen and oxygen atoms in total. The summed E-state index contributed by atoms with van der Waals surface area (Å²) in [6, 6.07) is 35.4. The highest BCUT2D eigenvalue weighted by Gasteiger charge is 2.37. The number of aromatic nitrogens is 2. The summed E-state index contributed by atoms with van der Waals surface area (Å²) in [7, 11) is 0. The summed E-state index contributed by atoms with van der Waals surface area (Å²) in [5.41, 5.74) is 10.1. The van der Waals surface area contributed by atoms with Crippen molar-refractivity contribution in [3.05, 3.63) is 114 Å². The summed E-state index contributed by atoms with van der Waals surface area (Å²) in [5, 5.41) is 0. The molecule has 0 unspecified atom stereocenters. The lowest BCUT2D eigenvalue weighted by Gasteiger charge is -2.25. The molecule has 1 N–H and O–H groups in total. The van der Waals surface area contributed by atoms with Gasteiger partial charge in [0.25, 0.3) is 0 Å². The van der Waals surface area contributed by atoms with Crippen LogP contribution in [0.2, 0.25) is 0 Å². The summed E-state index contributed by atoms with van der Waals surface area (Å²) in [5.74, 6) is 3.79. The smallest absolute Gasteiger partial charge is 0.170 e. The molecular weight excluding hydrogens is 468 g/mol. The van der Waals surface area contributed by atoms with Crippen LogP contribution in [-0.4, -0.2) is 9.97 Å². The number of hydrogen-bond donors (Lipinski definition) is 1. The van der Waals surface area contributed by atoms with Gasteiger partial charge in [0.15, 0.2) is 23.0 Å². The molecule has 2 aliphatic rings. The lowest BCUT2D eigenvalue weighted by Crippen LogP contribution is -2.15. The van der Waals surface area contributed by atoms with E-state index in [4.69, 9.17) is 14.5 Å². The number of imidazole rings is 1. The van der Waals surface area contributed by atoms with E-state index in [9.17, 15) is 0 Å². The van der Waals surface area contributed by atoms with Crippen LogP contribution in [-0.2, 0) is 5.41 Å². The molecule has 38 heavy (non-hydrogen) atoms. The van der Waals surface area contributed by atoms with Gasteiger partial charge in [-0.2, -0.15) is 0 Å². The third-order valence-electron chi connectivity index (χ3n) is 7.91. The number of ether oxygens (including phenoxy) is 2. The van der Waals surface area contributed by atoms with Gasteiger partial charge < -0.3 is 14.5 Å². The fraction of sp³-hybridized carbons (Fsp3) is 0.0882. The maximum Gasteiger partial charge on any atom is 0.170 e. The number of rotatable bonds is 2. The van der Waals surface area contributed by atoms with Gasteiger partial charge >= 0.3 is 0 Å².